The standard InChI is InChI=1S/C14H28N2O3S/c1-3-4-10-15(2)20(18,19)16-11-9-14(17)8-6-5-7-13(14)12-16/h13,17H,3-12H2,1-2H3. The van der Waals surface area contributed by atoms with Crippen LogP contribution < -0.4 is 0 Å². The van der Waals surface area contributed by atoms with Gasteiger partial charge in [0.1, 0.15) is 0 Å². The van der Waals surface area contributed by atoms with Crippen molar-refractivity contribution in [1.29, 1.82) is 0 Å². The van der Waals surface area contributed by atoms with E-state index in [1.54, 1.807) is 11.4 Å². The van der Waals surface area contributed by atoms with Gasteiger partial charge >= 0.3 is 0 Å². The van der Waals surface area contributed by atoms with Gasteiger partial charge in [0.05, 0.1) is 5.60 Å². The lowest BCUT2D eigenvalue weighted by molar-refractivity contribution is -0.0822. The Labute approximate surface area is 123 Å². The van der Waals surface area contributed by atoms with Crippen molar-refractivity contribution >= 4 is 10.2 Å². The van der Waals surface area contributed by atoms with Gasteiger partial charge in [-0.15, -0.1) is 0 Å². The quantitative estimate of drug-likeness (QED) is 0.839. The molecule has 1 N–H and O–H groups in total. The van der Waals surface area contributed by atoms with E-state index in [2.05, 4.69) is 6.92 Å². The number of unbranched alkanes of at least 4 members (excludes halogenated alkanes) is 1. The first kappa shape index (κ1) is 16.2. The van der Waals surface area contributed by atoms with Crippen molar-refractivity contribution in [2.45, 2.75) is 57.5 Å². The van der Waals surface area contributed by atoms with Crippen LogP contribution in [0.25, 0.3) is 0 Å². The van der Waals surface area contributed by atoms with E-state index in [1.807, 2.05) is 0 Å². The van der Waals surface area contributed by atoms with Gasteiger partial charge < -0.3 is 5.11 Å². The monoisotopic (exact) mass is 304 g/mol. The first-order valence-electron chi connectivity index (χ1n) is 7.84. The molecule has 6 heteroatoms. The van der Waals surface area contributed by atoms with Crippen LogP contribution in [0, 0.1) is 5.92 Å². The van der Waals surface area contributed by atoms with Crippen molar-refractivity contribution in [3.8, 4) is 0 Å². The van der Waals surface area contributed by atoms with E-state index in [0.29, 0.717) is 26.1 Å². The molecule has 2 unspecified atom stereocenters. The second-order valence-corrected chi connectivity index (χ2v) is 8.37. The third-order valence-corrected chi connectivity index (χ3v) is 6.89. The summed E-state index contributed by atoms with van der Waals surface area (Å²) in [7, 11) is -1.70. The molecule has 20 heavy (non-hydrogen) atoms. The molecule has 1 saturated heterocycles. The number of piperidine rings is 1. The van der Waals surface area contributed by atoms with Crippen LogP contribution in [0.4, 0.5) is 0 Å². The summed E-state index contributed by atoms with van der Waals surface area (Å²) >= 11 is 0. The lowest BCUT2D eigenvalue weighted by Crippen LogP contribution is -2.56. The Balaban J connectivity index is 2.03. The van der Waals surface area contributed by atoms with Crippen molar-refractivity contribution in [1.82, 2.24) is 8.61 Å². The van der Waals surface area contributed by atoms with Gasteiger partial charge in [-0.3, -0.25) is 0 Å². The fraction of sp³-hybridized carbons (Fsp3) is 1.00. The average Bonchev–Trinajstić information content (AvgIpc) is 2.43. The molecule has 2 fully saturated rings. The van der Waals surface area contributed by atoms with E-state index in [-0.39, 0.29) is 5.92 Å². The van der Waals surface area contributed by atoms with Crippen LogP contribution in [0.3, 0.4) is 0 Å². The van der Waals surface area contributed by atoms with Gasteiger partial charge in [0.15, 0.2) is 0 Å². The molecule has 0 aromatic rings. The number of rotatable bonds is 5. The van der Waals surface area contributed by atoms with Crippen LogP contribution in [0.5, 0.6) is 0 Å². The van der Waals surface area contributed by atoms with Gasteiger partial charge in [0.25, 0.3) is 10.2 Å². The molecule has 118 valence electrons. The van der Waals surface area contributed by atoms with Gasteiger partial charge in [-0.2, -0.15) is 17.0 Å². The van der Waals surface area contributed by atoms with Crippen molar-refractivity contribution in [3.63, 3.8) is 0 Å². The lowest BCUT2D eigenvalue weighted by Gasteiger charge is -2.47. The number of hydrogen-bond acceptors (Lipinski definition) is 3. The predicted octanol–water partition coefficient (Wildman–Crippen LogP) is 1.59. The molecule has 2 atom stereocenters. The maximum atomic E-state index is 12.5. The fourth-order valence-corrected chi connectivity index (χ4v) is 4.89. The molecule has 0 amide bonds. The Hall–Kier alpha value is -0.170. The van der Waals surface area contributed by atoms with E-state index in [4.69, 9.17) is 0 Å². The van der Waals surface area contributed by atoms with E-state index in [1.165, 1.54) is 4.31 Å². The maximum absolute atomic E-state index is 12.5. The molecular weight excluding hydrogens is 276 g/mol. The number of fused-ring (bicyclic) bond motifs is 1. The lowest BCUT2D eigenvalue weighted by atomic mass is 9.72. The van der Waals surface area contributed by atoms with Crippen molar-refractivity contribution in [3.05, 3.63) is 0 Å². The highest BCUT2D eigenvalue weighted by molar-refractivity contribution is 7.86. The van der Waals surface area contributed by atoms with Gasteiger partial charge in [0, 0.05) is 32.6 Å². The zero-order valence-electron chi connectivity index (χ0n) is 12.7. The summed E-state index contributed by atoms with van der Waals surface area (Å²) in [5, 5.41) is 10.6. The first-order valence-corrected chi connectivity index (χ1v) is 9.23. The van der Waals surface area contributed by atoms with Crippen LogP contribution in [0.1, 0.15) is 51.9 Å². The van der Waals surface area contributed by atoms with E-state index < -0.39 is 15.8 Å². The molecule has 1 aliphatic heterocycles. The minimum atomic E-state index is -3.36. The van der Waals surface area contributed by atoms with Gasteiger partial charge in [-0.05, 0) is 25.7 Å². The fourth-order valence-electron chi connectivity index (χ4n) is 3.44. The minimum absolute atomic E-state index is 0.111. The summed E-state index contributed by atoms with van der Waals surface area (Å²) in [5.74, 6) is 0.111. The molecule has 0 aromatic carbocycles. The summed E-state index contributed by atoms with van der Waals surface area (Å²) in [6.45, 7) is 3.56. The Morgan fingerprint density at radius 1 is 1.35 bits per heavy atom. The third-order valence-electron chi connectivity index (χ3n) is 4.94. The summed E-state index contributed by atoms with van der Waals surface area (Å²) in [6, 6.07) is 0. The van der Waals surface area contributed by atoms with Crippen LogP contribution in [-0.2, 0) is 10.2 Å². The predicted molar refractivity (Wildman–Crippen MR) is 79.6 cm³/mol. The molecule has 5 nitrogen and oxygen atoms in total. The molecule has 1 saturated carbocycles. The largest absolute Gasteiger partial charge is 0.390 e. The zero-order valence-corrected chi connectivity index (χ0v) is 13.5. The summed E-state index contributed by atoms with van der Waals surface area (Å²) in [5.41, 5.74) is -0.619. The van der Waals surface area contributed by atoms with Crippen LogP contribution in [-0.4, -0.2) is 54.4 Å². The second-order valence-electron chi connectivity index (χ2n) is 6.34. The van der Waals surface area contributed by atoms with Gasteiger partial charge in [-0.1, -0.05) is 26.2 Å². The molecule has 2 aliphatic rings. The molecule has 0 radical (unpaired) electrons. The highest BCUT2D eigenvalue weighted by Gasteiger charge is 2.45. The van der Waals surface area contributed by atoms with Crippen LogP contribution >= 0.6 is 0 Å². The second kappa shape index (κ2) is 6.30. The first-order chi connectivity index (χ1) is 9.40. The van der Waals surface area contributed by atoms with E-state index in [0.717, 1.165) is 38.5 Å². The number of hydrogen-bond donors (Lipinski definition) is 1. The molecule has 1 aliphatic carbocycles. The average molecular weight is 304 g/mol. The third kappa shape index (κ3) is 3.18. The molecule has 0 bridgehead atoms. The Kier molecular flexibility index (Phi) is 5.10. The Bertz CT molecular complexity index is 426. The summed E-state index contributed by atoms with van der Waals surface area (Å²) in [4.78, 5) is 0. The molecule has 0 aromatic heterocycles. The molecule has 0 spiro atoms. The molecule has 1 heterocycles. The van der Waals surface area contributed by atoms with Crippen molar-refractivity contribution < 1.29 is 13.5 Å². The van der Waals surface area contributed by atoms with Crippen LogP contribution in [0.2, 0.25) is 0 Å². The smallest absolute Gasteiger partial charge is 0.281 e. The Morgan fingerprint density at radius 3 is 2.80 bits per heavy atom. The normalized spacial score (nSPS) is 32.3. The van der Waals surface area contributed by atoms with Crippen LogP contribution in [0.15, 0.2) is 0 Å². The number of nitrogens with zero attached hydrogens (tertiary/aromatic N) is 2. The maximum Gasteiger partial charge on any atom is 0.281 e. The topological polar surface area (TPSA) is 60.9 Å². The molecule has 2 rings (SSSR count). The number of aliphatic hydroxyl groups is 1. The molecular formula is C14H28N2O3S. The highest BCUT2D eigenvalue weighted by Crippen LogP contribution is 2.40. The zero-order chi connectivity index (χ0) is 14.8. The SMILES string of the molecule is CCCCN(C)S(=O)(=O)N1CCC2(O)CCCCC2C1. The highest BCUT2D eigenvalue weighted by atomic mass is 32.2. The van der Waals surface area contributed by atoms with Crippen molar-refractivity contribution in [2.75, 3.05) is 26.7 Å². The van der Waals surface area contributed by atoms with Crippen molar-refractivity contribution in [2.24, 2.45) is 5.92 Å². The van der Waals surface area contributed by atoms with E-state index in [9.17, 15) is 13.5 Å². The van der Waals surface area contributed by atoms with Gasteiger partial charge in [-0.25, -0.2) is 0 Å². The minimum Gasteiger partial charge on any atom is -0.390 e. The Morgan fingerprint density at radius 2 is 2.10 bits per heavy atom. The summed E-state index contributed by atoms with van der Waals surface area (Å²) < 4.78 is 28.1. The summed E-state index contributed by atoms with van der Waals surface area (Å²) in [6.07, 6.45) is 6.40. The van der Waals surface area contributed by atoms with Gasteiger partial charge in [0.2, 0.25) is 0 Å². The van der Waals surface area contributed by atoms with E-state index >= 15 is 0 Å².